The van der Waals surface area contributed by atoms with E-state index in [-0.39, 0.29) is 5.91 Å². The minimum absolute atomic E-state index is 0.0654. The number of methoxy groups -OCH3 is 2. The molecule has 1 N–H and O–H groups in total. The molecule has 0 unspecified atom stereocenters. The summed E-state index contributed by atoms with van der Waals surface area (Å²) in [6.07, 6.45) is 2.86. The Morgan fingerprint density at radius 2 is 1.34 bits per heavy atom. The second-order valence-electron chi connectivity index (χ2n) is 10.0. The van der Waals surface area contributed by atoms with Crippen LogP contribution in [0.3, 0.4) is 0 Å². The van der Waals surface area contributed by atoms with Gasteiger partial charge in [0.15, 0.2) is 0 Å². The molecule has 1 heterocycles. The van der Waals surface area contributed by atoms with E-state index in [2.05, 4.69) is 55.0 Å². The molecule has 200 valence electrons. The molecule has 1 amide bonds. The molecule has 0 saturated heterocycles. The first-order chi connectivity index (χ1) is 18.0. The predicted octanol–water partition coefficient (Wildman–Crippen LogP) is 8.32. The molecule has 3 aromatic carbocycles. The van der Waals surface area contributed by atoms with Crippen LogP contribution in [0.1, 0.15) is 83.3 Å². The van der Waals surface area contributed by atoms with Gasteiger partial charge in [-0.1, -0.05) is 43.6 Å². The first-order valence-electron chi connectivity index (χ1n) is 12.7. The van der Waals surface area contributed by atoms with E-state index in [0.717, 1.165) is 66.9 Å². The summed E-state index contributed by atoms with van der Waals surface area (Å²) in [5, 5.41) is 2.92. The summed E-state index contributed by atoms with van der Waals surface area (Å²) >= 11 is 3.48. The van der Waals surface area contributed by atoms with Crippen LogP contribution in [0.15, 0.2) is 46.9 Å². The molecule has 0 aliphatic carbocycles. The van der Waals surface area contributed by atoms with E-state index in [1.54, 1.807) is 14.2 Å². The number of fused-ring (bicyclic) bond motifs is 1. The zero-order valence-corrected chi connectivity index (χ0v) is 24.9. The number of amides is 1. The zero-order chi connectivity index (χ0) is 28.1. The summed E-state index contributed by atoms with van der Waals surface area (Å²) in [7, 11) is 3.35. The van der Waals surface area contributed by atoms with Gasteiger partial charge in [-0.05, 0) is 102 Å². The van der Waals surface area contributed by atoms with Crippen molar-refractivity contribution in [1.82, 2.24) is 0 Å². The number of rotatable bonds is 6. The van der Waals surface area contributed by atoms with Crippen LogP contribution in [0.25, 0.3) is 11.6 Å². The number of anilines is 1. The number of aryl methyl sites for hydroxylation is 2. The van der Waals surface area contributed by atoms with Crippen LogP contribution in [0.5, 0.6) is 11.5 Å². The first-order valence-corrected chi connectivity index (χ1v) is 13.4. The largest absolute Gasteiger partial charge is 0.496 e. The second kappa shape index (κ2) is 12.4. The van der Waals surface area contributed by atoms with E-state index >= 15 is 0 Å². The summed E-state index contributed by atoms with van der Waals surface area (Å²) in [5.41, 5.74) is 8.52. The van der Waals surface area contributed by atoms with Crippen LogP contribution in [0.2, 0.25) is 0 Å². The van der Waals surface area contributed by atoms with Gasteiger partial charge in [0.05, 0.1) is 14.2 Å². The van der Waals surface area contributed by atoms with Crippen molar-refractivity contribution in [3.8, 4) is 11.5 Å². The number of ether oxygens (including phenoxy) is 2. The van der Waals surface area contributed by atoms with Gasteiger partial charge in [-0.25, -0.2) is 0 Å². The van der Waals surface area contributed by atoms with Crippen molar-refractivity contribution >= 4 is 45.5 Å². The lowest BCUT2D eigenvalue weighted by Crippen LogP contribution is -2.04. The fraction of sp³-hybridized carbons (Fsp3) is 0.312. The number of carbonyl (C=O) groups excluding carboxylic acids is 2. The Morgan fingerprint density at radius 1 is 0.816 bits per heavy atom. The van der Waals surface area contributed by atoms with Crippen LogP contribution < -0.4 is 14.8 Å². The molecule has 0 aromatic heterocycles. The number of hydrogen-bond acceptors (Lipinski definition) is 4. The van der Waals surface area contributed by atoms with Gasteiger partial charge >= 0.3 is 0 Å². The van der Waals surface area contributed by atoms with Gasteiger partial charge in [0.1, 0.15) is 17.8 Å². The van der Waals surface area contributed by atoms with E-state index in [1.165, 1.54) is 0 Å². The summed E-state index contributed by atoms with van der Waals surface area (Å²) < 4.78 is 11.7. The third-order valence-corrected chi connectivity index (χ3v) is 7.17. The average Bonchev–Trinajstić information content (AvgIpc) is 3.18. The van der Waals surface area contributed by atoms with Gasteiger partial charge in [-0.2, -0.15) is 0 Å². The quantitative estimate of drug-likeness (QED) is 0.236. The highest BCUT2D eigenvalue weighted by molar-refractivity contribution is 9.10. The number of aldehydes is 1. The van der Waals surface area contributed by atoms with Crippen molar-refractivity contribution in [2.24, 2.45) is 0 Å². The first kappa shape index (κ1) is 29.2. The van der Waals surface area contributed by atoms with Crippen molar-refractivity contribution in [1.29, 1.82) is 0 Å². The molecular formula is C32H36BrNO4. The number of benzene rings is 3. The van der Waals surface area contributed by atoms with Gasteiger partial charge in [0, 0.05) is 26.9 Å². The van der Waals surface area contributed by atoms with E-state index in [4.69, 9.17) is 9.47 Å². The summed E-state index contributed by atoms with van der Waals surface area (Å²) in [6.45, 7) is 12.4. The molecule has 5 nitrogen and oxygen atoms in total. The highest BCUT2D eigenvalue weighted by Gasteiger charge is 2.24. The van der Waals surface area contributed by atoms with Gasteiger partial charge < -0.3 is 14.8 Å². The Labute approximate surface area is 234 Å². The van der Waals surface area contributed by atoms with Crippen LogP contribution in [0, 0.1) is 13.8 Å². The van der Waals surface area contributed by atoms with E-state index in [9.17, 15) is 9.59 Å². The predicted molar refractivity (Wildman–Crippen MR) is 160 cm³/mol. The molecule has 1 aliphatic rings. The third kappa shape index (κ3) is 6.36. The monoisotopic (exact) mass is 577 g/mol. The molecule has 1 aliphatic heterocycles. The molecule has 0 spiro atoms. The molecule has 3 aromatic rings. The number of nitrogens with one attached hydrogen (secondary N) is 1. The van der Waals surface area contributed by atoms with Gasteiger partial charge in [-0.15, -0.1) is 0 Å². The third-order valence-electron chi connectivity index (χ3n) is 6.67. The maximum absolute atomic E-state index is 12.4. The Kier molecular flexibility index (Phi) is 9.55. The second-order valence-corrected chi connectivity index (χ2v) is 10.9. The zero-order valence-electron chi connectivity index (χ0n) is 23.4. The lowest BCUT2D eigenvalue weighted by molar-refractivity contribution is -0.110. The van der Waals surface area contributed by atoms with Gasteiger partial charge in [0.2, 0.25) is 0 Å². The highest BCUT2D eigenvalue weighted by Crippen LogP contribution is 2.37. The van der Waals surface area contributed by atoms with Crippen molar-refractivity contribution in [3.05, 3.63) is 85.9 Å². The number of hydrogen-bond donors (Lipinski definition) is 1. The minimum atomic E-state index is -0.0654. The van der Waals surface area contributed by atoms with Crippen molar-refractivity contribution < 1.29 is 19.1 Å². The topological polar surface area (TPSA) is 64.6 Å². The molecule has 4 rings (SSSR count). The van der Waals surface area contributed by atoms with Crippen molar-refractivity contribution in [3.63, 3.8) is 0 Å². The Hall–Kier alpha value is -3.38. The SMILES string of the molecule is COc1cc(C)c(C=C2C(=O)Nc3ccc(Br)cc32)cc1C(C)C.COc1cc(C)c(C=O)cc1C(C)C. The van der Waals surface area contributed by atoms with Gasteiger partial charge in [-0.3, -0.25) is 9.59 Å². The fourth-order valence-corrected chi connectivity index (χ4v) is 4.79. The molecule has 0 fully saturated rings. The normalized spacial score (nSPS) is 13.2. The maximum Gasteiger partial charge on any atom is 0.256 e. The van der Waals surface area contributed by atoms with E-state index in [1.807, 2.05) is 56.3 Å². The Balaban J connectivity index is 0.000000244. The van der Waals surface area contributed by atoms with Crippen LogP contribution in [0.4, 0.5) is 5.69 Å². The molecule has 0 radical (unpaired) electrons. The smallest absolute Gasteiger partial charge is 0.256 e. The number of carbonyl (C=O) groups is 2. The molecule has 38 heavy (non-hydrogen) atoms. The Morgan fingerprint density at radius 3 is 1.84 bits per heavy atom. The minimum Gasteiger partial charge on any atom is -0.496 e. The Bertz CT molecular complexity index is 1390. The molecule has 0 atom stereocenters. The lowest BCUT2D eigenvalue weighted by Gasteiger charge is -2.15. The molecule has 0 saturated carbocycles. The van der Waals surface area contributed by atoms with E-state index < -0.39 is 0 Å². The maximum atomic E-state index is 12.4. The average molecular weight is 579 g/mol. The molecular weight excluding hydrogens is 542 g/mol. The molecule has 6 heteroatoms. The van der Waals surface area contributed by atoms with Crippen LogP contribution >= 0.6 is 15.9 Å². The van der Waals surface area contributed by atoms with Crippen LogP contribution in [-0.4, -0.2) is 26.4 Å². The highest BCUT2D eigenvalue weighted by atomic mass is 79.9. The van der Waals surface area contributed by atoms with Gasteiger partial charge in [0.25, 0.3) is 5.91 Å². The summed E-state index contributed by atoms with van der Waals surface area (Å²) in [4.78, 5) is 23.1. The number of halogens is 1. The lowest BCUT2D eigenvalue weighted by atomic mass is 9.94. The molecule has 0 bridgehead atoms. The van der Waals surface area contributed by atoms with E-state index in [0.29, 0.717) is 17.4 Å². The summed E-state index contributed by atoms with van der Waals surface area (Å²) in [6, 6.07) is 13.8. The van der Waals surface area contributed by atoms with Crippen molar-refractivity contribution in [2.45, 2.75) is 53.4 Å². The van der Waals surface area contributed by atoms with Crippen molar-refractivity contribution in [2.75, 3.05) is 19.5 Å². The van der Waals surface area contributed by atoms with Crippen LogP contribution in [-0.2, 0) is 4.79 Å². The summed E-state index contributed by atoms with van der Waals surface area (Å²) in [5.74, 6) is 2.40. The fourth-order valence-electron chi connectivity index (χ4n) is 4.43. The standard InChI is InChI=1S/C20H20BrNO2.C12H16O2/c1-11(2)15-8-13(12(3)7-19(15)24-4)9-17-16-10-14(21)5-6-18(16)22-20(17)23;1-8(2)11-6-10(7-13)9(3)5-12(11)14-4/h5-11H,1-4H3,(H,22,23);5-8H,1-4H3.